The van der Waals surface area contributed by atoms with E-state index in [-0.39, 0.29) is 18.7 Å². The first-order valence-electron chi connectivity index (χ1n) is 10.8. The molecule has 0 aliphatic carbocycles. The molecule has 3 heterocycles. The minimum absolute atomic E-state index is 0.172. The molecule has 0 radical (unpaired) electrons. The van der Waals surface area contributed by atoms with Crippen LogP contribution in [0.2, 0.25) is 0 Å². The summed E-state index contributed by atoms with van der Waals surface area (Å²) in [5.41, 5.74) is 2.63. The molecular formula is C24H23FN4O4. The lowest BCUT2D eigenvalue weighted by molar-refractivity contribution is 0.174. The van der Waals surface area contributed by atoms with E-state index in [4.69, 9.17) is 14.0 Å². The van der Waals surface area contributed by atoms with Crippen molar-refractivity contribution in [1.82, 2.24) is 20.4 Å². The fourth-order valence-electron chi connectivity index (χ4n) is 4.07. The lowest BCUT2D eigenvalue weighted by Crippen LogP contribution is -2.46. The van der Waals surface area contributed by atoms with Crippen molar-refractivity contribution >= 4 is 11.6 Å². The predicted octanol–water partition coefficient (Wildman–Crippen LogP) is 4.90. The van der Waals surface area contributed by atoms with Crippen LogP contribution in [0.5, 0.6) is 11.5 Å². The lowest BCUT2D eigenvalue weighted by Gasteiger charge is -2.35. The molecule has 2 aliphatic heterocycles. The van der Waals surface area contributed by atoms with Crippen molar-refractivity contribution in [2.45, 2.75) is 32.7 Å². The molecule has 2 amide bonds. The number of urea groups is 1. The van der Waals surface area contributed by atoms with Crippen molar-refractivity contribution in [3.8, 4) is 22.9 Å². The van der Waals surface area contributed by atoms with Gasteiger partial charge in [0.05, 0.1) is 11.6 Å². The molecule has 2 aliphatic rings. The van der Waals surface area contributed by atoms with E-state index in [0.717, 1.165) is 12.8 Å². The Hall–Kier alpha value is -3.88. The highest BCUT2D eigenvalue weighted by atomic mass is 19.1. The molecule has 8 nitrogen and oxygen atoms in total. The molecule has 0 bridgehead atoms. The van der Waals surface area contributed by atoms with Gasteiger partial charge in [-0.2, -0.15) is 4.98 Å². The summed E-state index contributed by atoms with van der Waals surface area (Å²) >= 11 is 0. The first-order valence-corrected chi connectivity index (χ1v) is 10.8. The Kier molecular flexibility index (Phi) is 5.45. The van der Waals surface area contributed by atoms with E-state index in [1.807, 2.05) is 13.0 Å². The van der Waals surface area contributed by atoms with Gasteiger partial charge in [-0.05, 0) is 49.2 Å². The number of unbranched alkanes of at least 4 members (excludes halogenated alkanes) is 1. The van der Waals surface area contributed by atoms with Crippen molar-refractivity contribution < 1.29 is 23.2 Å². The highest BCUT2D eigenvalue weighted by Crippen LogP contribution is 2.39. The van der Waals surface area contributed by atoms with E-state index >= 15 is 0 Å². The van der Waals surface area contributed by atoms with Crippen molar-refractivity contribution in [2.75, 3.05) is 13.3 Å². The number of hydrogen-bond acceptors (Lipinski definition) is 6. The first kappa shape index (κ1) is 21.0. The largest absolute Gasteiger partial charge is 0.454 e. The number of nitrogens with zero attached hydrogens (tertiary/aromatic N) is 3. The molecule has 3 aromatic rings. The highest BCUT2D eigenvalue weighted by Gasteiger charge is 2.35. The average molecular weight is 450 g/mol. The monoisotopic (exact) mass is 450 g/mol. The molecule has 0 saturated heterocycles. The molecule has 0 saturated carbocycles. The maximum atomic E-state index is 14.0. The smallest absolute Gasteiger partial charge is 0.322 e. The zero-order valence-electron chi connectivity index (χ0n) is 18.3. The van der Waals surface area contributed by atoms with Crippen LogP contribution < -0.4 is 14.8 Å². The molecule has 0 fully saturated rings. The number of allylic oxidation sites excluding steroid dienone is 1. The Labute approximate surface area is 190 Å². The SMILES string of the molecule is CCCCN1C(=O)NC(c2cccc(F)c2)C(c2nc(-c3ccc4c(c3)OCO4)no2)=C1C. The Morgan fingerprint density at radius 2 is 2.03 bits per heavy atom. The number of rotatable bonds is 6. The molecule has 1 N–H and O–H groups in total. The third-order valence-corrected chi connectivity index (χ3v) is 5.80. The number of hydrogen-bond donors (Lipinski definition) is 1. The lowest BCUT2D eigenvalue weighted by atomic mass is 9.94. The second-order valence-corrected chi connectivity index (χ2v) is 7.93. The quantitative estimate of drug-likeness (QED) is 0.574. The van der Waals surface area contributed by atoms with Crippen LogP contribution in [0.15, 0.2) is 52.7 Å². The summed E-state index contributed by atoms with van der Waals surface area (Å²) in [6, 6.07) is 10.7. The van der Waals surface area contributed by atoms with Crippen LogP contribution in [0.3, 0.4) is 0 Å². The maximum absolute atomic E-state index is 14.0. The minimum atomic E-state index is -0.629. The van der Waals surface area contributed by atoms with Gasteiger partial charge >= 0.3 is 6.03 Å². The standard InChI is InChI=1S/C24H23FN4O4/c1-3-4-10-29-14(2)20(21(26-24(29)30)15-6-5-7-17(25)11-15)23-27-22(28-33-23)16-8-9-18-19(12-16)32-13-31-18/h5-9,11-12,21H,3-4,10,13H2,1-2H3,(H,26,30). The second-order valence-electron chi connectivity index (χ2n) is 7.93. The van der Waals surface area contributed by atoms with Gasteiger partial charge < -0.3 is 19.3 Å². The Morgan fingerprint density at radius 3 is 2.85 bits per heavy atom. The first-order chi connectivity index (χ1) is 16.0. The molecule has 5 rings (SSSR count). The van der Waals surface area contributed by atoms with E-state index in [9.17, 15) is 9.18 Å². The summed E-state index contributed by atoms with van der Waals surface area (Å²) in [6.07, 6.45) is 1.78. The van der Waals surface area contributed by atoms with Gasteiger partial charge in [0.25, 0.3) is 5.89 Å². The molecule has 1 aromatic heterocycles. The van der Waals surface area contributed by atoms with Crippen molar-refractivity contribution in [3.63, 3.8) is 0 Å². The van der Waals surface area contributed by atoms with Gasteiger partial charge in [-0.1, -0.05) is 30.6 Å². The summed E-state index contributed by atoms with van der Waals surface area (Å²) in [4.78, 5) is 19.2. The minimum Gasteiger partial charge on any atom is -0.454 e. The molecule has 33 heavy (non-hydrogen) atoms. The fraction of sp³-hybridized carbons (Fsp3) is 0.292. The van der Waals surface area contributed by atoms with E-state index in [2.05, 4.69) is 22.4 Å². The van der Waals surface area contributed by atoms with E-state index < -0.39 is 11.9 Å². The van der Waals surface area contributed by atoms with Gasteiger partial charge in [0.2, 0.25) is 12.6 Å². The summed E-state index contributed by atoms with van der Waals surface area (Å²) in [5, 5.41) is 7.13. The van der Waals surface area contributed by atoms with Gasteiger partial charge in [-0.3, -0.25) is 4.90 Å². The molecule has 2 aromatic carbocycles. The van der Waals surface area contributed by atoms with Gasteiger partial charge in [0, 0.05) is 17.8 Å². The van der Waals surface area contributed by atoms with Crippen LogP contribution in [-0.2, 0) is 0 Å². The Bertz CT molecular complexity index is 1240. The molecule has 1 unspecified atom stereocenters. The third-order valence-electron chi connectivity index (χ3n) is 5.80. The van der Waals surface area contributed by atoms with Crippen LogP contribution in [0.4, 0.5) is 9.18 Å². The van der Waals surface area contributed by atoms with Gasteiger partial charge in [-0.15, -0.1) is 0 Å². The summed E-state index contributed by atoms with van der Waals surface area (Å²) < 4.78 is 30.5. The van der Waals surface area contributed by atoms with E-state index in [1.165, 1.54) is 12.1 Å². The number of carbonyl (C=O) groups is 1. The highest BCUT2D eigenvalue weighted by molar-refractivity contribution is 5.86. The third kappa shape index (κ3) is 3.90. The number of benzene rings is 2. The Morgan fingerprint density at radius 1 is 1.18 bits per heavy atom. The van der Waals surface area contributed by atoms with Crippen LogP contribution in [0.1, 0.15) is 44.2 Å². The number of carbonyl (C=O) groups excluding carboxylic acids is 1. The van der Waals surface area contributed by atoms with Crippen molar-refractivity contribution in [1.29, 1.82) is 0 Å². The number of aromatic nitrogens is 2. The van der Waals surface area contributed by atoms with Gasteiger partial charge in [0.1, 0.15) is 5.82 Å². The zero-order chi connectivity index (χ0) is 22.9. The fourth-order valence-corrected chi connectivity index (χ4v) is 4.07. The normalized spacial score (nSPS) is 17.5. The molecule has 0 spiro atoms. The van der Waals surface area contributed by atoms with E-state index in [0.29, 0.717) is 46.3 Å². The van der Waals surface area contributed by atoms with Crippen LogP contribution in [0.25, 0.3) is 17.0 Å². The number of fused-ring (bicyclic) bond motifs is 1. The summed E-state index contributed by atoms with van der Waals surface area (Å²) in [5.74, 6) is 1.52. The number of halogens is 1. The Balaban J connectivity index is 1.57. The van der Waals surface area contributed by atoms with Gasteiger partial charge in [-0.25, -0.2) is 9.18 Å². The average Bonchev–Trinajstić information content (AvgIpc) is 3.48. The topological polar surface area (TPSA) is 89.7 Å². The van der Waals surface area contributed by atoms with E-state index in [1.54, 1.807) is 29.2 Å². The molecular weight excluding hydrogens is 427 g/mol. The number of ether oxygens (including phenoxy) is 2. The second kappa shape index (κ2) is 8.57. The van der Waals surface area contributed by atoms with Gasteiger partial charge in [0.15, 0.2) is 11.5 Å². The maximum Gasteiger partial charge on any atom is 0.322 e. The number of amides is 2. The molecule has 170 valence electrons. The van der Waals surface area contributed by atoms with Crippen LogP contribution >= 0.6 is 0 Å². The predicted molar refractivity (Wildman–Crippen MR) is 118 cm³/mol. The van der Waals surface area contributed by atoms with Crippen molar-refractivity contribution in [2.24, 2.45) is 0 Å². The van der Waals surface area contributed by atoms with Crippen LogP contribution in [-0.4, -0.2) is 34.4 Å². The zero-order valence-corrected chi connectivity index (χ0v) is 18.3. The van der Waals surface area contributed by atoms with Crippen molar-refractivity contribution in [3.05, 3.63) is 65.4 Å². The number of nitrogens with one attached hydrogen (secondary N) is 1. The summed E-state index contributed by atoms with van der Waals surface area (Å²) in [7, 11) is 0. The molecule has 9 heteroatoms. The summed E-state index contributed by atoms with van der Waals surface area (Å²) in [6.45, 7) is 4.63. The van der Waals surface area contributed by atoms with Crippen LogP contribution in [0, 0.1) is 5.82 Å². The molecule has 1 atom stereocenters.